The van der Waals surface area contributed by atoms with E-state index in [1.54, 1.807) is 25.3 Å². The first-order valence-corrected chi connectivity index (χ1v) is 11.7. The molecule has 36 heavy (non-hydrogen) atoms. The zero-order valence-electron chi connectivity index (χ0n) is 20.3. The van der Waals surface area contributed by atoms with Crippen molar-refractivity contribution in [1.82, 2.24) is 0 Å². The lowest BCUT2D eigenvalue weighted by Crippen LogP contribution is -2.15. The van der Waals surface area contributed by atoms with E-state index in [9.17, 15) is 4.79 Å². The molecule has 0 heterocycles. The molecule has 1 N–H and O–H groups in total. The monoisotopic (exact) mass is 479 g/mol. The Morgan fingerprint density at radius 3 is 2.00 bits per heavy atom. The molecule has 0 saturated carbocycles. The number of hydrogen-bond acceptors (Lipinski definition) is 4. The fourth-order valence-electron chi connectivity index (χ4n) is 3.81. The topological polar surface area (TPSA) is 56.8 Å². The predicted octanol–water partition coefficient (Wildman–Crippen LogP) is 6.83. The third-order valence-electron chi connectivity index (χ3n) is 5.62. The van der Waals surface area contributed by atoms with E-state index in [1.165, 1.54) is 0 Å². The summed E-state index contributed by atoms with van der Waals surface area (Å²) in [5, 5.41) is 2.96. The van der Waals surface area contributed by atoms with Gasteiger partial charge in [0.25, 0.3) is 5.91 Å². The molecule has 0 unspecified atom stereocenters. The number of carbonyl (C=O) groups is 1. The summed E-state index contributed by atoms with van der Waals surface area (Å²) in [6, 6.07) is 30.7. The maximum absolute atomic E-state index is 13.2. The summed E-state index contributed by atoms with van der Waals surface area (Å²) in [5.74, 6) is 1.60. The lowest BCUT2D eigenvalue weighted by Gasteiger charge is -2.17. The molecule has 0 fully saturated rings. The second-order valence-electron chi connectivity index (χ2n) is 8.14. The van der Waals surface area contributed by atoms with Gasteiger partial charge in [0.1, 0.15) is 19.0 Å². The Balaban J connectivity index is 1.46. The second kappa shape index (κ2) is 12.3. The molecular formula is C31H29NO4. The zero-order chi connectivity index (χ0) is 25.2. The van der Waals surface area contributed by atoms with E-state index in [0.717, 1.165) is 22.4 Å². The van der Waals surface area contributed by atoms with Crippen molar-refractivity contribution in [3.05, 3.63) is 132 Å². The standard InChI is InChI=1S/C31H29NO4/c1-3-10-27-28(19-20-29(30(27)34-2)36-22-24-13-8-5-9-14-24)31(33)32-25-15-17-26(18-16-25)35-21-23-11-6-4-7-12-23/h3-9,11-20H,1,10,21-22H2,2H3,(H,32,33). The average Bonchev–Trinajstić information content (AvgIpc) is 2.92. The Morgan fingerprint density at radius 1 is 0.806 bits per heavy atom. The third-order valence-corrected chi connectivity index (χ3v) is 5.62. The molecule has 0 aliphatic heterocycles. The summed E-state index contributed by atoms with van der Waals surface area (Å²) in [4.78, 5) is 13.2. The SMILES string of the molecule is C=CCc1c(C(=O)Nc2ccc(OCc3ccccc3)cc2)ccc(OCc2ccccc2)c1OC. The summed E-state index contributed by atoms with van der Waals surface area (Å²) in [7, 11) is 1.58. The van der Waals surface area contributed by atoms with Gasteiger partial charge in [-0.15, -0.1) is 6.58 Å². The molecule has 0 aliphatic carbocycles. The van der Waals surface area contributed by atoms with E-state index in [-0.39, 0.29) is 5.91 Å². The van der Waals surface area contributed by atoms with Gasteiger partial charge in [0.15, 0.2) is 11.5 Å². The van der Waals surface area contributed by atoms with Crippen LogP contribution in [0.25, 0.3) is 0 Å². The van der Waals surface area contributed by atoms with Gasteiger partial charge in [0, 0.05) is 16.8 Å². The van der Waals surface area contributed by atoms with Crippen molar-refractivity contribution in [1.29, 1.82) is 0 Å². The van der Waals surface area contributed by atoms with Gasteiger partial charge in [-0.1, -0.05) is 66.7 Å². The highest BCUT2D eigenvalue weighted by Crippen LogP contribution is 2.35. The predicted molar refractivity (Wildman–Crippen MR) is 143 cm³/mol. The van der Waals surface area contributed by atoms with Gasteiger partial charge in [-0.3, -0.25) is 4.79 Å². The number of anilines is 1. The summed E-state index contributed by atoms with van der Waals surface area (Å²) in [6.07, 6.45) is 2.20. The summed E-state index contributed by atoms with van der Waals surface area (Å²) < 4.78 is 17.5. The summed E-state index contributed by atoms with van der Waals surface area (Å²) in [5.41, 5.74) is 4.03. The normalized spacial score (nSPS) is 10.4. The smallest absolute Gasteiger partial charge is 0.256 e. The van der Waals surface area contributed by atoms with E-state index in [4.69, 9.17) is 14.2 Å². The Hall–Kier alpha value is -4.51. The highest BCUT2D eigenvalue weighted by Gasteiger charge is 2.19. The first-order chi connectivity index (χ1) is 17.7. The average molecular weight is 480 g/mol. The number of amides is 1. The second-order valence-corrected chi connectivity index (χ2v) is 8.14. The van der Waals surface area contributed by atoms with Gasteiger partial charge >= 0.3 is 0 Å². The summed E-state index contributed by atoms with van der Waals surface area (Å²) in [6.45, 7) is 4.73. The van der Waals surface area contributed by atoms with Crippen LogP contribution in [0.5, 0.6) is 17.2 Å². The highest BCUT2D eigenvalue weighted by molar-refractivity contribution is 6.06. The molecule has 0 aliphatic rings. The van der Waals surface area contributed by atoms with Gasteiger partial charge in [0.05, 0.1) is 7.11 Å². The van der Waals surface area contributed by atoms with E-state index >= 15 is 0 Å². The first kappa shape index (κ1) is 24.6. The largest absolute Gasteiger partial charge is 0.493 e. The minimum atomic E-state index is -0.238. The Morgan fingerprint density at radius 2 is 1.42 bits per heavy atom. The third kappa shape index (κ3) is 6.33. The lowest BCUT2D eigenvalue weighted by molar-refractivity contribution is 0.102. The lowest BCUT2D eigenvalue weighted by atomic mass is 10.0. The quantitative estimate of drug-likeness (QED) is 0.240. The van der Waals surface area contributed by atoms with E-state index in [1.807, 2.05) is 84.9 Å². The molecular weight excluding hydrogens is 450 g/mol. The number of nitrogens with one attached hydrogen (secondary N) is 1. The van der Waals surface area contributed by atoms with E-state index < -0.39 is 0 Å². The van der Waals surface area contributed by atoms with E-state index in [0.29, 0.717) is 42.4 Å². The van der Waals surface area contributed by atoms with Gasteiger partial charge in [0.2, 0.25) is 0 Å². The Bertz CT molecular complexity index is 1290. The fourth-order valence-corrected chi connectivity index (χ4v) is 3.81. The number of methoxy groups -OCH3 is 1. The molecule has 1 amide bonds. The van der Waals surface area contributed by atoms with Gasteiger partial charge in [-0.05, 0) is 53.9 Å². The number of benzene rings is 4. The van der Waals surface area contributed by atoms with Crippen LogP contribution in [0.2, 0.25) is 0 Å². The fraction of sp³-hybridized carbons (Fsp3) is 0.129. The molecule has 0 radical (unpaired) electrons. The molecule has 4 aromatic rings. The van der Waals surface area contributed by atoms with Crippen molar-refractivity contribution in [3.8, 4) is 17.2 Å². The number of ether oxygens (including phenoxy) is 3. The first-order valence-electron chi connectivity index (χ1n) is 11.7. The molecule has 0 bridgehead atoms. The van der Waals surface area contributed by atoms with Crippen LogP contribution in [0.15, 0.2) is 110 Å². The molecule has 4 aromatic carbocycles. The van der Waals surface area contributed by atoms with Crippen LogP contribution < -0.4 is 19.5 Å². The molecule has 182 valence electrons. The maximum Gasteiger partial charge on any atom is 0.256 e. The minimum Gasteiger partial charge on any atom is -0.493 e. The van der Waals surface area contributed by atoms with Crippen LogP contribution in [0.3, 0.4) is 0 Å². The molecule has 0 spiro atoms. The minimum absolute atomic E-state index is 0.238. The maximum atomic E-state index is 13.2. The van der Waals surface area contributed by atoms with Crippen molar-refractivity contribution >= 4 is 11.6 Å². The summed E-state index contributed by atoms with van der Waals surface area (Å²) >= 11 is 0. The Labute approximate surface area is 212 Å². The Kier molecular flexibility index (Phi) is 8.39. The van der Waals surface area contributed by atoms with Crippen LogP contribution >= 0.6 is 0 Å². The van der Waals surface area contributed by atoms with Crippen LogP contribution in [0, 0.1) is 0 Å². The van der Waals surface area contributed by atoms with Crippen LogP contribution in [0.1, 0.15) is 27.0 Å². The number of rotatable bonds is 11. The number of carbonyl (C=O) groups excluding carboxylic acids is 1. The molecule has 5 heteroatoms. The highest BCUT2D eigenvalue weighted by atomic mass is 16.5. The van der Waals surface area contributed by atoms with Crippen molar-refractivity contribution in [3.63, 3.8) is 0 Å². The van der Waals surface area contributed by atoms with Crippen LogP contribution in [0.4, 0.5) is 5.69 Å². The van der Waals surface area contributed by atoms with Gasteiger partial charge in [-0.25, -0.2) is 0 Å². The van der Waals surface area contributed by atoms with Crippen molar-refractivity contribution in [2.45, 2.75) is 19.6 Å². The molecule has 5 nitrogen and oxygen atoms in total. The zero-order valence-corrected chi connectivity index (χ0v) is 20.3. The van der Waals surface area contributed by atoms with Gasteiger partial charge in [-0.2, -0.15) is 0 Å². The van der Waals surface area contributed by atoms with Crippen molar-refractivity contribution in [2.75, 3.05) is 12.4 Å². The molecule has 0 atom stereocenters. The molecule has 0 saturated heterocycles. The van der Waals surface area contributed by atoms with Crippen molar-refractivity contribution in [2.24, 2.45) is 0 Å². The number of hydrogen-bond donors (Lipinski definition) is 1. The van der Waals surface area contributed by atoms with Crippen LogP contribution in [-0.4, -0.2) is 13.0 Å². The van der Waals surface area contributed by atoms with Gasteiger partial charge < -0.3 is 19.5 Å². The molecule has 4 rings (SSSR count). The molecule has 0 aromatic heterocycles. The number of allylic oxidation sites excluding steroid dienone is 1. The van der Waals surface area contributed by atoms with E-state index in [2.05, 4.69) is 11.9 Å². The van der Waals surface area contributed by atoms with Crippen molar-refractivity contribution < 1.29 is 19.0 Å². The van der Waals surface area contributed by atoms with Crippen LogP contribution in [-0.2, 0) is 19.6 Å².